The van der Waals surface area contributed by atoms with Gasteiger partial charge in [-0.1, -0.05) is 17.3 Å². The first kappa shape index (κ1) is 12.0. The molecule has 1 heterocycles. The predicted molar refractivity (Wildman–Crippen MR) is 63.2 cm³/mol. The van der Waals surface area contributed by atoms with Crippen molar-refractivity contribution in [2.24, 2.45) is 0 Å². The molecule has 0 spiro atoms. The van der Waals surface area contributed by atoms with Crippen LogP contribution < -0.4 is 0 Å². The molecule has 0 saturated carbocycles. The first-order valence-corrected chi connectivity index (χ1v) is 6.64. The maximum atomic E-state index is 12.7. The van der Waals surface area contributed by atoms with Gasteiger partial charge in [0, 0.05) is 22.6 Å². The number of halogens is 1. The number of aromatic nitrogens is 1. The molecule has 0 aliphatic heterocycles. The van der Waals surface area contributed by atoms with Crippen LogP contribution in [-0.4, -0.2) is 9.37 Å². The third kappa shape index (κ3) is 3.49. The predicted octanol–water partition coefficient (Wildman–Crippen LogP) is 2.57. The highest BCUT2D eigenvalue weighted by atomic mass is 32.2. The molecule has 2 aromatic rings. The quantitative estimate of drug-likeness (QED) is 0.841. The third-order valence-electron chi connectivity index (χ3n) is 2.22. The van der Waals surface area contributed by atoms with Crippen LogP contribution in [0.3, 0.4) is 0 Å². The molecule has 0 aliphatic rings. The summed E-state index contributed by atoms with van der Waals surface area (Å²) in [5.41, 5.74) is 1.62. The van der Waals surface area contributed by atoms with Gasteiger partial charge < -0.3 is 4.52 Å². The molecule has 17 heavy (non-hydrogen) atoms. The Morgan fingerprint density at radius 1 is 1.29 bits per heavy atom. The zero-order chi connectivity index (χ0) is 12.3. The average molecular weight is 253 g/mol. The molecule has 0 aliphatic carbocycles. The topological polar surface area (TPSA) is 43.1 Å². The van der Waals surface area contributed by atoms with E-state index in [2.05, 4.69) is 5.16 Å². The lowest BCUT2D eigenvalue weighted by Gasteiger charge is -2.00. The number of rotatable bonds is 4. The second kappa shape index (κ2) is 5.23. The average Bonchev–Trinajstić information content (AvgIpc) is 2.67. The van der Waals surface area contributed by atoms with Crippen molar-refractivity contribution in [1.29, 1.82) is 0 Å². The molecule has 0 saturated heterocycles. The summed E-state index contributed by atoms with van der Waals surface area (Å²) in [4.78, 5) is 0. The highest BCUT2D eigenvalue weighted by molar-refractivity contribution is 7.83. The highest BCUT2D eigenvalue weighted by Gasteiger charge is 2.07. The highest BCUT2D eigenvalue weighted by Crippen LogP contribution is 2.10. The molecular weight excluding hydrogens is 241 g/mol. The summed E-state index contributed by atoms with van der Waals surface area (Å²) in [6, 6.07) is 7.77. The summed E-state index contributed by atoms with van der Waals surface area (Å²) in [5.74, 6) is 1.05. The molecule has 1 atom stereocenters. The summed E-state index contributed by atoms with van der Waals surface area (Å²) in [5, 5.41) is 3.73. The number of hydrogen-bond acceptors (Lipinski definition) is 3. The Bertz CT molecular complexity index is 522. The fourth-order valence-electron chi connectivity index (χ4n) is 1.46. The van der Waals surface area contributed by atoms with Crippen LogP contribution in [0.2, 0.25) is 0 Å². The smallest absolute Gasteiger partial charge is 0.149 e. The van der Waals surface area contributed by atoms with Gasteiger partial charge in [0.25, 0.3) is 0 Å². The summed E-state index contributed by atoms with van der Waals surface area (Å²) < 4.78 is 29.5. The Kier molecular flexibility index (Phi) is 3.68. The SMILES string of the molecule is Cc1cc(C[S@@](=O)Cc2ccc(F)cc2)on1. The standard InChI is InChI=1S/C12H12FNO2S/c1-9-6-12(16-14-9)8-17(15)7-10-2-4-11(13)5-3-10/h2-6H,7-8H2,1H3/t17-/m0/s1. The number of nitrogens with zero attached hydrogens (tertiary/aromatic N) is 1. The van der Waals surface area contributed by atoms with Gasteiger partial charge in [-0.2, -0.15) is 0 Å². The normalized spacial score (nSPS) is 12.6. The monoisotopic (exact) mass is 253 g/mol. The molecule has 0 amide bonds. The van der Waals surface area contributed by atoms with Crippen LogP contribution in [0.15, 0.2) is 34.9 Å². The Hall–Kier alpha value is -1.49. The Labute approximate surface area is 101 Å². The molecule has 0 fully saturated rings. The maximum Gasteiger partial charge on any atom is 0.149 e. The van der Waals surface area contributed by atoms with E-state index in [0.717, 1.165) is 11.3 Å². The van der Waals surface area contributed by atoms with Gasteiger partial charge in [0.1, 0.15) is 11.6 Å². The van der Waals surface area contributed by atoms with Gasteiger partial charge in [-0.05, 0) is 24.6 Å². The van der Waals surface area contributed by atoms with E-state index in [9.17, 15) is 8.60 Å². The summed E-state index contributed by atoms with van der Waals surface area (Å²) >= 11 is 0. The number of benzene rings is 1. The van der Waals surface area contributed by atoms with Crippen LogP contribution >= 0.6 is 0 Å². The van der Waals surface area contributed by atoms with E-state index in [1.807, 2.05) is 6.92 Å². The van der Waals surface area contributed by atoms with Gasteiger partial charge in [-0.15, -0.1) is 0 Å². The van der Waals surface area contributed by atoms with E-state index >= 15 is 0 Å². The van der Waals surface area contributed by atoms with Crippen molar-refractivity contribution in [2.45, 2.75) is 18.4 Å². The van der Waals surface area contributed by atoms with E-state index in [-0.39, 0.29) is 5.82 Å². The van der Waals surface area contributed by atoms with Gasteiger partial charge in [-0.25, -0.2) is 4.39 Å². The van der Waals surface area contributed by atoms with Crippen molar-refractivity contribution in [3.8, 4) is 0 Å². The summed E-state index contributed by atoms with van der Waals surface area (Å²) in [6.07, 6.45) is 0. The lowest BCUT2D eigenvalue weighted by atomic mass is 10.2. The van der Waals surface area contributed by atoms with Crippen molar-refractivity contribution >= 4 is 10.8 Å². The molecular formula is C12H12FNO2S. The zero-order valence-electron chi connectivity index (χ0n) is 9.35. The molecule has 1 aromatic heterocycles. The first-order valence-electron chi connectivity index (χ1n) is 5.15. The van der Waals surface area contributed by atoms with Gasteiger partial charge >= 0.3 is 0 Å². The fourth-order valence-corrected chi connectivity index (χ4v) is 2.58. The lowest BCUT2D eigenvalue weighted by molar-refractivity contribution is 0.390. The maximum absolute atomic E-state index is 12.7. The molecule has 2 rings (SSSR count). The minimum Gasteiger partial charge on any atom is -0.360 e. The van der Waals surface area contributed by atoms with Crippen LogP contribution in [0.25, 0.3) is 0 Å². The minimum absolute atomic E-state index is 0.287. The van der Waals surface area contributed by atoms with Gasteiger partial charge in [0.15, 0.2) is 0 Å². The first-order chi connectivity index (χ1) is 8.13. The third-order valence-corrected chi connectivity index (χ3v) is 3.48. The van der Waals surface area contributed by atoms with E-state index in [4.69, 9.17) is 4.52 Å². The van der Waals surface area contributed by atoms with Crippen LogP contribution in [0.1, 0.15) is 17.0 Å². The summed E-state index contributed by atoms with van der Waals surface area (Å²) in [7, 11) is -1.07. The van der Waals surface area contributed by atoms with E-state index in [1.165, 1.54) is 12.1 Å². The molecule has 0 N–H and O–H groups in total. The van der Waals surface area contributed by atoms with E-state index in [0.29, 0.717) is 17.3 Å². The Balaban J connectivity index is 1.95. The molecule has 0 radical (unpaired) electrons. The molecule has 0 unspecified atom stereocenters. The Morgan fingerprint density at radius 3 is 2.59 bits per heavy atom. The van der Waals surface area contributed by atoms with Gasteiger partial charge in [0.05, 0.1) is 11.4 Å². The molecule has 0 bridgehead atoms. The lowest BCUT2D eigenvalue weighted by Crippen LogP contribution is -1.98. The molecule has 3 nitrogen and oxygen atoms in total. The molecule has 1 aromatic carbocycles. The van der Waals surface area contributed by atoms with Crippen LogP contribution in [0, 0.1) is 12.7 Å². The van der Waals surface area contributed by atoms with Crippen molar-refractivity contribution in [3.05, 3.63) is 53.2 Å². The van der Waals surface area contributed by atoms with Crippen LogP contribution in [-0.2, 0) is 22.3 Å². The minimum atomic E-state index is -1.07. The second-order valence-electron chi connectivity index (χ2n) is 3.79. The summed E-state index contributed by atoms with van der Waals surface area (Å²) in [6.45, 7) is 1.82. The van der Waals surface area contributed by atoms with Crippen molar-refractivity contribution in [1.82, 2.24) is 5.16 Å². The van der Waals surface area contributed by atoms with Gasteiger partial charge in [0.2, 0.25) is 0 Å². The van der Waals surface area contributed by atoms with Gasteiger partial charge in [-0.3, -0.25) is 4.21 Å². The Morgan fingerprint density at radius 2 is 2.00 bits per heavy atom. The van der Waals surface area contributed by atoms with E-state index < -0.39 is 10.8 Å². The fraction of sp³-hybridized carbons (Fsp3) is 0.250. The number of hydrogen-bond donors (Lipinski definition) is 0. The van der Waals surface area contributed by atoms with E-state index in [1.54, 1.807) is 18.2 Å². The van der Waals surface area contributed by atoms with Crippen molar-refractivity contribution in [3.63, 3.8) is 0 Å². The second-order valence-corrected chi connectivity index (χ2v) is 5.25. The van der Waals surface area contributed by atoms with Crippen molar-refractivity contribution < 1.29 is 13.1 Å². The molecule has 5 heteroatoms. The van der Waals surface area contributed by atoms with Crippen LogP contribution in [0.5, 0.6) is 0 Å². The van der Waals surface area contributed by atoms with Crippen molar-refractivity contribution in [2.75, 3.05) is 0 Å². The zero-order valence-corrected chi connectivity index (χ0v) is 10.2. The largest absolute Gasteiger partial charge is 0.360 e. The number of aryl methyl sites for hydroxylation is 1. The molecule has 90 valence electrons. The van der Waals surface area contributed by atoms with Crippen LogP contribution in [0.4, 0.5) is 4.39 Å².